The lowest BCUT2D eigenvalue weighted by molar-refractivity contribution is -0.148. The Hall–Kier alpha value is -1.39. The molecule has 0 spiro atoms. The quantitative estimate of drug-likeness (QED) is 0.696. The number of aliphatic carboxylic acids is 1. The highest BCUT2D eigenvalue weighted by atomic mass is 16.4. The summed E-state index contributed by atoms with van der Waals surface area (Å²) in [7, 11) is 0. The number of hydrogen-bond acceptors (Lipinski definition) is 3. The minimum atomic E-state index is -1.10. The average Bonchev–Trinajstić information content (AvgIpc) is 2.48. The van der Waals surface area contributed by atoms with Gasteiger partial charge in [-0.15, -0.1) is 0 Å². The van der Waals surface area contributed by atoms with Crippen molar-refractivity contribution in [1.29, 1.82) is 0 Å². The maximum absolute atomic E-state index is 11.4. The van der Waals surface area contributed by atoms with Crippen LogP contribution in [-0.4, -0.2) is 40.3 Å². The molecule has 14 heavy (non-hydrogen) atoms. The van der Waals surface area contributed by atoms with Crippen molar-refractivity contribution in [3.05, 3.63) is 0 Å². The lowest BCUT2D eigenvalue weighted by atomic mass is 10.2. The van der Waals surface area contributed by atoms with E-state index in [1.54, 1.807) is 0 Å². The number of likely N-dealkylation sites (tertiary alicyclic amines) is 1. The second kappa shape index (κ2) is 4.21. The minimum Gasteiger partial charge on any atom is -0.480 e. The largest absolute Gasteiger partial charge is 0.480 e. The monoisotopic (exact) mass is 199 g/mol. The molecule has 0 aromatic carbocycles. The second-order valence-corrected chi connectivity index (χ2v) is 3.37. The smallest absolute Gasteiger partial charge is 0.326 e. The van der Waals surface area contributed by atoms with E-state index in [4.69, 9.17) is 5.11 Å². The number of carboxylic acid groups (broad SMARTS) is 1. The Morgan fingerprint density at radius 1 is 1.57 bits per heavy atom. The van der Waals surface area contributed by atoms with Crippen LogP contribution in [0.5, 0.6) is 0 Å². The molecular formula is C9H13NO4. The van der Waals surface area contributed by atoms with Crippen molar-refractivity contribution in [2.24, 2.45) is 0 Å². The maximum Gasteiger partial charge on any atom is 0.326 e. The molecule has 1 N–H and O–H groups in total. The Morgan fingerprint density at radius 3 is 2.71 bits per heavy atom. The Balaban J connectivity index is 2.71. The standard InChI is InChI=1S/C9H13NO4/c1-2-3-8(12)10-5-6(11)4-7(10)9(13)14/h7H,2-5H2,1H3,(H,13,14). The topological polar surface area (TPSA) is 74.7 Å². The molecule has 0 saturated carbocycles. The molecule has 1 fully saturated rings. The molecule has 1 aliphatic rings. The number of carbonyl (C=O) groups is 3. The van der Waals surface area contributed by atoms with Crippen molar-refractivity contribution in [2.45, 2.75) is 32.2 Å². The number of hydrogen-bond donors (Lipinski definition) is 1. The zero-order chi connectivity index (χ0) is 10.7. The molecule has 0 bridgehead atoms. The zero-order valence-electron chi connectivity index (χ0n) is 8.02. The third-order valence-corrected chi connectivity index (χ3v) is 2.21. The van der Waals surface area contributed by atoms with E-state index in [1.165, 1.54) is 0 Å². The number of carbonyl (C=O) groups excluding carboxylic acids is 2. The maximum atomic E-state index is 11.4. The fraction of sp³-hybridized carbons (Fsp3) is 0.667. The van der Waals surface area contributed by atoms with Crippen LogP contribution in [-0.2, 0) is 14.4 Å². The normalized spacial score (nSPS) is 21.4. The van der Waals surface area contributed by atoms with E-state index in [-0.39, 0.29) is 24.7 Å². The molecule has 1 amide bonds. The Kier molecular flexibility index (Phi) is 3.22. The van der Waals surface area contributed by atoms with Gasteiger partial charge in [0, 0.05) is 12.8 Å². The molecule has 1 unspecified atom stereocenters. The van der Waals surface area contributed by atoms with Crippen LogP contribution in [0, 0.1) is 0 Å². The Morgan fingerprint density at radius 2 is 2.21 bits per heavy atom. The van der Waals surface area contributed by atoms with Crippen molar-refractivity contribution in [3.8, 4) is 0 Å². The summed E-state index contributed by atoms with van der Waals surface area (Å²) in [6.07, 6.45) is 0.914. The van der Waals surface area contributed by atoms with Crippen molar-refractivity contribution in [3.63, 3.8) is 0 Å². The summed E-state index contributed by atoms with van der Waals surface area (Å²) in [6.45, 7) is 1.79. The van der Waals surface area contributed by atoms with Crippen LogP contribution < -0.4 is 0 Å². The van der Waals surface area contributed by atoms with Gasteiger partial charge in [-0.3, -0.25) is 9.59 Å². The number of ketones is 1. The van der Waals surface area contributed by atoms with Gasteiger partial charge in [0.15, 0.2) is 5.78 Å². The molecule has 0 aliphatic carbocycles. The molecule has 0 radical (unpaired) electrons. The first-order chi connectivity index (χ1) is 6.56. The molecule has 1 aliphatic heterocycles. The van der Waals surface area contributed by atoms with Gasteiger partial charge < -0.3 is 10.0 Å². The molecule has 0 aromatic rings. The van der Waals surface area contributed by atoms with Gasteiger partial charge in [-0.2, -0.15) is 0 Å². The predicted octanol–water partition coefficient (Wildman–Crippen LogP) is 0.0411. The van der Waals surface area contributed by atoms with E-state index in [0.717, 1.165) is 4.90 Å². The molecule has 1 atom stereocenters. The van der Waals surface area contributed by atoms with E-state index in [9.17, 15) is 14.4 Å². The molecule has 1 heterocycles. The van der Waals surface area contributed by atoms with E-state index in [0.29, 0.717) is 12.8 Å². The van der Waals surface area contributed by atoms with Crippen LogP contribution in [0.2, 0.25) is 0 Å². The summed E-state index contributed by atoms with van der Waals surface area (Å²) >= 11 is 0. The van der Waals surface area contributed by atoms with E-state index in [2.05, 4.69) is 0 Å². The summed E-state index contributed by atoms with van der Waals surface area (Å²) in [6, 6.07) is -0.943. The third kappa shape index (κ3) is 2.10. The second-order valence-electron chi connectivity index (χ2n) is 3.37. The summed E-state index contributed by atoms with van der Waals surface area (Å²) in [5.74, 6) is -1.52. The molecule has 1 rings (SSSR count). The number of nitrogens with zero attached hydrogens (tertiary/aromatic N) is 1. The molecule has 5 heteroatoms. The van der Waals surface area contributed by atoms with E-state index in [1.807, 2.05) is 6.92 Å². The van der Waals surface area contributed by atoms with Crippen molar-refractivity contribution >= 4 is 17.7 Å². The molecule has 5 nitrogen and oxygen atoms in total. The number of rotatable bonds is 3. The van der Waals surface area contributed by atoms with E-state index < -0.39 is 12.0 Å². The zero-order valence-corrected chi connectivity index (χ0v) is 8.02. The first-order valence-electron chi connectivity index (χ1n) is 4.60. The molecule has 0 aromatic heterocycles. The lowest BCUT2D eigenvalue weighted by Crippen LogP contribution is -2.40. The Bertz CT molecular complexity index is 274. The van der Waals surface area contributed by atoms with Crippen LogP contribution >= 0.6 is 0 Å². The van der Waals surface area contributed by atoms with Gasteiger partial charge in [0.05, 0.1) is 6.54 Å². The Labute approximate surface area is 81.7 Å². The van der Waals surface area contributed by atoms with Gasteiger partial charge >= 0.3 is 5.97 Å². The van der Waals surface area contributed by atoms with Gasteiger partial charge in [-0.1, -0.05) is 6.92 Å². The lowest BCUT2D eigenvalue weighted by Gasteiger charge is -2.19. The van der Waals surface area contributed by atoms with Gasteiger partial charge in [0.1, 0.15) is 6.04 Å². The highest BCUT2D eigenvalue weighted by Crippen LogP contribution is 2.16. The molecule has 1 saturated heterocycles. The SMILES string of the molecule is CCCC(=O)N1CC(=O)CC1C(=O)O. The fourth-order valence-corrected chi connectivity index (χ4v) is 1.53. The summed E-state index contributed by atoms with van der Waals surface area (Å²) in [5, 5.41) is 8.77. The number of amides is 1. The van der Waals surface area contributed by atoms with Crippen LogP contribution in [0.25, 0.3) is 0 Å². The first-order valence-corrected chi connectivity index (χ1v) is 4.60. The number of carboxylic acids is 1. The number of Topliss-reactive ketones (excluding diaryl/α,β-unsaturated/α-hetero) is 1. The van der Waals surface area contributed by atoms with Crippen molar-refractivity contribution in [1.82, 2.24) is 4.90 Å². The average molecular weight is 199 g/mol. The van der Waals surface area contributed by atoms with Crippen LogP contribution in [0.15, 0.2) is 0 Å². The minimum absolute atomic E-state index is 0.0458. The predicted molar refractivity (Wildman–Crippen MR) is 47.7 cm³/mol. The third-order valence-electron chi connectivity index (χ3n) is 2.21. The first kappa shape index (κ1) is 10.7. The van der Waals surface area contributed by atoms with Gasteiger partial charge in [-0.25, -0.2) is 4.79 Å². The van der Waals surface area contributed by atoms with Crippen LogP contribution in [0.1, 0.15) is 26.2 Å². The highest BCUT2D eigenvalue weighted by molar-refractivity contribution is 5.96. The fourth-order valence-electron chi connectivity index (χ4n) is 1.53. The van der Waals surface area contributed by atoms with Crippen molar-refractivity contribution < 1.29 is 19.5 Å². The molecular weight excluding hydrogens is 186 g/mol. The summed E-state index contributed by atoms with van der Waals surface area (Å²) < 4.78 is 0. The molecule has 78 valence electrons. The summed E-state index contributed by atoms with van der Waals surface area (Å²) in [5.41, 5.74) is 0. The van der Waals surface area contributed by atoms with Crippen LogP contribution in [0.4, 0.5) is 0 Å². The summed E-state index contributed by atoms with van der Waals surface area (Å²) in [4.78, 5) is 34.3. The van der Waals surface area contributed by atoms with E-state index >= 15 is 0 Å². The van der Waals surface area contributed by atoms with Crippen LogP contribution in [0.3, 0.4) is 0 Å². The van der Waals surface area contributed by atoms with Gasteiger partial charge in [-0.05, 0) is 6.42 Å². The van der Waals surface area contributed by atoms with Gasteiger partial charge in [0.2, 0.25) is 5.91 Å². The van der Waals surface area contributed by atoms with Gasteiger partial charge in [0.25, 0.3) is 0 Å². The highest BCUT2D eigenvalue weighted by Gasteiger charge is 2.38. The van der Waals surface area contributed by atoms with Crippen molar-refractivity contribution in [2.75, 3.05) is 6.54 Å².